The second-order valence-electron chi connectivity index (χ2n) is 7.11. The van der Waals surface area contributed by atoms with E-state index in [0.717, 1.165) is 28.2 Å². The summed E-state index contributed by atoms with van der Waals surface area (Å²) >= 11 is 5.91. The Bertz CT molecular complexity index is 1260. The lowest BCUT2D eigenvalue weighted by Crippen LogP contribution is -2.19. The maximum absolute atomic E-state index is 12.5. The van der Waals surface area contributed by atoms with Crippen molar-refractivity contribution in [1.82, 2.24) is 25.4 Å². The van der Waals surface area contributed by atoms with Crippen LogP contribution in [0.1, 0.15) is 34.4 Å². The normalized spacial score (nSPS) is 11.5. The van der Waals surface area contributed by atoms with Crippen LogP contribution in [0.5, 0.6) is 0 Å². The van der Waals surface area contributed by atoms with Crippen LogP contribution in [0.25, 0.3) is 16.9 Å². The lowest BCUT2D eigenvalue weighted by atomic mass is 10.1. The second-order valence-corrected chi connectivity index (χ2v) is 7.54. The number of para-hydroxylation sites is 1. The van der Waals surface area contributed by atoms with E-state index >= 15 is 0 Å². The van der Waals surface area contributed by atoms with Gasteiger partial charge in [-0.25, -0.2) is 10.1 Å². The van der Waals surface area contributed by atoms with Gasteiger partial charge in [0.2, 0.25) is 0 Å². The van der Waals surface area contributed by atoms with Crippen LogP contribution in [0.4, 0.5) is 0 Å². The largest absolute Gasteiger partial charge is 0.289 e. The van der Waals surface area contributed by atoms with Gasteiger partial charge in [-0.15, -0.1) is 0 Å². The molecule has 2 aromatic carbocycles. The first-order chi connectivity index (χ1) is 14.9. The predicted molar refractivity (Wildman–Crippen MR) is 122 cm³/mol. The number of aryl methyl sites for hydroxylation is 1. The lowest BCUT2D eigenvalue weighted by Gasteiger charge is -2.04. The second kappa shape index (κ2) is 8.57. The average molecular weight is 433 g/mol. The monoisotopic (exact) mass is 432 g/mol. The fraction of sp³-hybridized carbons (Fsp3) is 0.130. The highest BCUT2D eigenvalue weighted by Crippen LogP contribution is 2.27. The average Bonchev–Trinajstić information content (AvgIpc) is 3.37. The van der Waals surface area contributed by atoms with Gasteiger partial charge in [-0.05, 0) is 56.7 Å². The van der Waals surface area contributed by atoms with Gasteiger partial charge >= 0.3 is 0 Å². The predicted octanol–water partition coefficient (Wildman–Crippen LogP) is 4.69. The highest BCUT2D eigenvalue weighted by Gasteiger charge is 2.19. The molecule has 2 aromatic heterocycles. The van der Waals surface area contributed by atoms with E-state index in [-0.39, 0.29) is 5.91 Å². The number of hydrogen-bond donors (Lipinski definition) is 2. The number of hydrazone groups is 1. The topological polar surface area (TPSA) is 88.0 Å². The van der Waals surface area contributed by atoms with Crippen molar-refractivity contribution in [2.45, 2.75) is 20.8 Å². The Balaban J connectivity index is 1.54. The molecule has 0 saturated heterocycles. The SMILES string of the molecule is C/C(=N/NC(=O)c1cc(-c2c(C)nn(-c3ccccc3)c2C)n[nH]1)c1ccc(Cl)cc1. The third-order valence-corrected chi connectivity index (χ3v) is 5.21. The van der Waals surface area contributed by atoms with E-state index in [1.807, 2.05) is 67.9 Å². The molecule has 0 fully saturated rings. The van der Waals surface area contributed by atoms with Gasteiger partial charge < -0.3 is 0 Å². The quantitative estimate of drug-likeness (QED) is 0.354. The van der Waals surface area contributed by atoms with Crippen molar-refractivity contribution in [3.8, 4) is 16.9 Å². The zero-order valence-electron chi connectivity index (χ0n) is 17.3. The molecule has 7 nitrogen and oxygen atoms in total. The fourth-order valence-corrected chi connectivity index (χ4v) is 3.48. The Morgan fingerprint density at radius 3 is 2.52 bits per heavy atom. The lowest BCUT2D eigenvalue weighted by molar-refractivity contribution is 0.0950. The minimum Gasteiger partial charge on any atom is -0.272 e. The number of H-pyrrole nitrogens is 1. The number of aromatic amines is 1. The third kappa shape index (κ3) is 4.27. The Morgan fingerprint density at radius 1 is 1.10 bits per heavy atom. The first-order valence-electron chi connectivity index (χ1n) is 9.72. The van der Waals surface area contributed by atoms with Crippen LogP contribution in [0, 0.1) is 13.8 Å². The number of carbonyl (C=O) groups excluding carboxylic acids is 1. The number of hydrogen-bond acceptors (Lipinski definition) is 4. The van der Waals surface area contributed by atoms with Crippen LogP contribution >= 0.6 is 11.6 Å². The summed E-state index contributed by atoms with van der Waals surface area (Å²) in [6, 6.07) is 18.8. The number of nitrogens with one attached hydrogen (secondary N) is 2. The maximum atomic E-state index is 12.5. The highest BCUT2D eigenvalue weighted by atomic mass is 35.5. The summed E-state index contributed by atoms with van der Waals surface area (Å²) in [6.07, 6.45) is 0. The molecule has 0 radical (unpaired) electrons. The summed E-state index contributed by atoms with van der Waals surface area (Å²) in [7, 11) is 0. The molecular weight excluding hydrogens is 412 g/mol. The van der Waals surface area contributed by atoms with E-state index in [9.17, 15) is 4.79 Å². The molecule has 156 valence electrons. The van der Waals surface area contributed by atoms with Gasteiger partial charge in [0.15, 0.2) is 0 Å². The maximum Gasteiger partial charge on any atom is 0.289 e. The van der Waals surface area contributed by atoms with E-state index in [1.54, 1.807) is 18.2 Å². The Labute approximate surface area is 184 Å². The molecule has 0 spiro atoms. The van der Waals surface area contributed by atoms with Gasteiger partial charge in [-0.1, -0.05) is 41.9 Å². The van der Waals surface area contributed by atoms with E-state index in [1.165, 1.54) is 0 Å². The molecule has 0 aliphatic rings. The molecule has 4 rings (SSSR count). The first kappa shape index (κ1) is 20.6. The summed E-state index contributed by atoms with van der Waals surface area (Å²) in [4.78, 5) is 12.5. The molecule has 1 amide bonds. The summed E-state index contributed by atoms with van der Waals surface area (Å²) in [6.45, 7) is 5.72. The van der Waals surface area contributed by atoms with Crippen molar-refractivity contribution in [2.75, 3.05) is 0 Å². The van der Waals surface area contributed by atoms with E-state index in [0.29, 0.717) is 22.1 Å². The molecular formula is C23H21ClN6O. The Kier molecular flexibility index (Phi) is 5.68. The van der Waals surface area contributed by atoms with Gasteiger partial charge in [-0.2, -0.15) is 15.3 Å². The fourth-order valence-electron chi connectivity index (χ4n) is 3.35. The number of rotatable bonds is 5. The molecule has 0 atom stereocenters. The van der Waals surface area contributed by atoms with Crippen molar-refractivity contribution in [3.63, 3.8) is 0 Å². The van der Waals surface area contributed by atoms with Gasteiger partial charge in [0.05, 0.1) is 28.5 Å². The molecule has 0 aliphatic carbocycles. The molecule has 2 N–H and O–H groups in total. The molecule has 31 heavy (non-hydrogen) atoms. The van der Waals surface area contributed by atoms with Gasteiger partial charge in [-0.3, -0.25) is 9.89 Å². The van der Waals surface area contributed by atoms with Crippen molar-refractivity contribution in [1.29, 1.82) is 0 Å². The van der Waals surface area contributed by atoms with Crippen molar-refractivity contribution in [3.05, 3.63) is 88.3 Å². The summed E-state index contributed by atoms with van der Waals surface area (Å²) < 4.78 is 1.87. The molecule has 0 saturated carbocycles. The Morgan fingerprint density at radius 2 is 1.81 bits per heavy atom. The van der Waals surface area contributed by atoms with Crippen LogP contribution in [-0.2, 0) is 0 Å². The van der Waals surface area contributed by atoms with Crippen LogP contribution in [0.3, 0.4) is 0 Å². The van der Waals surface area contributed by atoms with Crippen molar-refractivity contribution in [2.24, 2.45) is 5.10 Å². The highest BCUT2D eigenvalue weighted by molar-refractivity contribution is 6.30. The molecule has 0 unspecified atom stereocenters. The summed E-state index contributed by atoms with van der Waals surface area (Å²) in [5, 5.41) is 16.6. The zero-order valence-corrected chi connectivity index (χ0v) is 18.1. The molecule has 4 aromatic rings. The molecule has 2 heterocycles. The van der Waals surface area contributed by atoms with Gasteiger partial charge in [0.25, 0.3) is 5.91 Å². The Hall–Kier alpha value is -3.71. The summed E-state index contributed by atoms with van der Waals surface area (Å²) in [5.41, 5.74) is 8.69. The molecule has 8 heteroatoms. The van der Waals surface area contributed by atoms with Crippen molar-refractivity contribution >= 4 is 23.2 Å². The number of nitrogens with zero attached hydrogens (tertiary/aromatic N) is 4. The van der Waals surface area contributed by atoms with Crippen LogP contribution in [0.2, 0.25) is 5.02 Å². The van der Waals surface area contributed by atoms with E-state index in [4.69, 9.17) is 11.6 Å². The number of amides is 1. The van der Waals surface area contributed by atoms with Crippen molar-refractivity contribution < 1.29 is 4.79 Å². The van der Waals surface area contributed by atoms with Crippen LogP contribution in [-0.4, -0.2) is 31.6 Å². The van der Waals surface area contributed by atoms with Crippen LogP contribution < -0.4 is 5.43 Å². The molecule has 0 bridgehead atoms. The van der Waals surface area contributed by atoms with Gasteiger partial charge in [0.1, 0.15) is 5.69 Å². The smallest absolute Gasteiger partial charge is 0.272 e. The van der Waals surface area contributed by atoms with Gasteiger partial charge in [0, 0.05) is 10.6 Å². The van der Waals surface area contributed by atoms with E-state index < -0.39 is 0 Å². The third-order valence-electron chi connectivity index (χ3n) is 4.96. The number of benzene rings is 2. The summed E-state index contributed by atoms with van der Waals surface area (Å²) in [5.74, 6) is -0.377. The van der Waals surface area contributed by atoms with E-state index in [2.05, 4.69) is 25.8 Å². The minimum atomic E-state index is -0.377. The molecule has 0 aliphatic heterocycles. The number of halogens is 1. The minimum absolute atomic E-state index is 0.314. The number of aromatic nitrogens is 4. The number of carbonyl (C=O) groups is 1. The zero-order chi connectivity index (χ0) is 22.0. The van der Waals surface area contributed by atoms with Crippen LogP contribution in [0.15, 0.2) is 65.8 Å². The standard InChI is InChI=1S/C23H21ClN6O/c1-14(17-9-11-18(24)12-10-17)25-28-23(31)21-13-20(26-27-21)22-15(2)29-30(16(22)3)19-7-5-4-6-8-19/h4-13H,1-3H3,(H,26,27)(H,28,31)/b25-14-. The first-order valence-corrected chi connectivity index (χ1v) is 10.1.